The van der Waals surface area contributed by atoms with Gasteiger partial charge in [-0.1, -0.05) is 0 Å². The van der Waals surface area contributed by atoms with Crippen LogP contribution < -0.4 is 4.72 Å². The van der Waals surface area contributed by atoms with E-state index in [1.165, 1.54) is 13.1 Å². The van der Waals surface area contributed by atoms with E-state index in [2.05, 4.69) is 14.9 Å². The molecule has 0 aliphatic rings. The van der Waals surface area contributed by atoms with Crippen molar-refractivity contribution in [1.29, 1.82) is 0 Å². The van der Waals surface area contributed by atoms with E-state index in [1.807, 2.05) is 0 Å². The Balaban J connectivity index is 2.87. The quantitative estimate of drug-likeness (QED) is 0.716. The molecule has 0 aromatic carbocycles. The lowest BCUT2D eigenvalue weighted by molar-refractivity contribution is -0.115. The molecule has 7 heteroatoms. The molecule has 0 amide bonds. The van der Waals surface area contributed by atoms with Gasteiger partial charge in [0.1, 0.15) is 10.7 Å². The fourth-order valence-electron chi connectivity index (χ4n) is 0.885. The third-order valence-electron chi connectivity index (χ3n) is 1.58. The lowest BCUT2D eigenvalue weighted by atomic mass is 10.5. The van der Waals surface area contributed by atoms with Gasteiger partial charge in [-0.05, 0) is 13.8 Å². The summed E-state index contributed by atoms with van der Waals surface area (Å²) in [5, 5.41) is 6.09. The molecule has 0 bridgehead atoms. The summed E-state index contributed by atoms with van der Waals surface area (Å²) in [7, 11) is -3.61. The zero-order valence-corrected chi connectivity index (χ0v) is 8.68. The zero-order valence-electron chi connectivity index (χ0n) is 7.86. The smallest absolute Gasteiger partial charge is 0.244 e. The molecule has 2 N–H and O–H groups in total. The Morgan fingerprint density at radius 1 is 1.64 bits per heavy atom. The number of hydrogen-bond donors (Lipinski definition) is 2. The van der Waals surface area contributed by atoms with Gasteiger partial charge in [-0.2, -0.15) is 5.10 Å². The summed E-state index contributed by atoms with van der Waals surface area (Å²) in [6, 6.07) is 0. The predicted octanol–water partition coefficient (Wildman–Crippen LogP) is -0.415. The van der Waals surface area contributed by atoms with E-state index in [4.69, 9.17) is 0 Å². The van der Waals surface area contributed by atoms with Crippen molar-refractivity contribution in [3.05, 3.63) is 11.9 Å². The van der Waals surface area contributed by atoms with Crippen LogP contribution in [0, 0.1) is 6.92 Å². The van der Waals surface area contributed by atoms with Crippen molar-refractivity contribution >= 4 is 15.8 Å². The Morgan fingerprint density at radius 2 is 2.29 bits per heavy atom. The van der Waals surface area contributed by atoms with Crippen LogP contribution in [0.1, 0.15) is 12.6 Å². The minimum Gasteiger partial charge on any atom is -0.299 e. The van der Waals surface area contributed by atoms with E-state index in [0.717, 1.165) is 0 Å². The molecule has 1 heterocycles. The summed E-state index contributed by atoms with van der Waals surface area (Å²) >= 11 is 0. The number of aromatic amines is 1. The Hall–Kier alpha value is -1.21. The highest BCUT2D eigenvalue weighted by Crippen LogP contribution is 2.09. The van der Waals surface area contributed by atoms with Crippen LogP contribution in [0.4, 0.5) is 0 Å². The Morgan fingerprint density at radius 3 is 2.71 bits per heavy atom. The second kappa shape index (κ2) is 3.89. The Kier molecular flexibility index (Phi) is 3.02. The Bertz CT molecular complexity index is 435. The van der Waals surface area contributed by atoms with E-state index in [9.17, 15) is 13.2 Å². The van der Waals surface area contributed by atoms with Crippen LogP contribution in [0.25, 0.3) is 0 Å². The Labute approximate surface area is 81.8 Å². The van der Waals surface area contributed by atoms with Gasteiger partial charge in [0.25, 0.3) is 0 Å². The number of carbonyl (C=O) groups is 1. The lowest BCUT2D eigenvalue weighted by Gasteiger charge is -2.02. The minimum absolute atomic E-state index is 0.0683. The molecule has 78 valence electrons. The first-order valence-corrected chi connectivity index (χ1v) is 5.41. The zero-order chi connectivity index (χ0) is 10.8. The summed E-state index contributed by atoms with van der Waals surface area (Å²) < 4.78 is 25.2. The van der Waals surface area contributed by atoms with Crippen molar-refractivity contribution in [2.45, 2.75) is 18.7 Å². The molecule has 0 unspecified atom stereocenters. The van der Waals surface area contributed by atoms with Crippen molar-refractivity contribution in [1.82, 2.24) is 14.9 Å². The minimum atomic E-state index is -3.61. The lowest BCUT2D eigenvalue weighted by Crippen LogP contribution is -2.28. The number of Topliss-reactive ketones (excluding diaryl/α,β-unsaturated/α-hetero) is 1. The van der Waals surface area contributed by atoms with Crippen LogP contribution in [-0.2, 0) is 14.8 Å². The summed E-state index contributed by atoms with van der Waals surface area (Å²) in [4.78, 5) is 10.7. The van der Waals surface area contributed by atoms with Crippen molar-refractivity contribution in [3.63, 3.8) is 0 Å². The first-order valence-electron chi connectivity index (χ1n) is 3.92. The third-order valence-corrected chi connectivity index (χ3v) is 3.10. The number of aryl methyl sites for hydroxylation is 1. The molecule has 1 aromatic heterocycles. The maximum Gasteiger partial charge on any atom is 0.244 e. The van der Waals surface area contributed by atoms with Crippen molar-refractivity contribution in [2.75, 3.05) is 6.54 Å². The highest BCUT2D eigenvalue weighted by atomic mass is 32.2. The molecule has 0 fully saturated rings. The summed E-state index contributed by atoms with van der Waals surface area (Å²) in [6.45, 7) is 2.70. The number of rotatable bonds is 4. The molecule has 14 heavy (non-hydrogen) atoms. The van der Waals surface area contributed by atoms with Crippen LogP contribution >= 0.6 is 0 Å². The van der Waals surface area contributed by atoms with E-state index in [0.29, 0.717) is 5.69 Å². The number of ketones is 1. The first kappa shape index (κ1) is 10.9. The molecule has 0 atom stereocenters. The second-order valence-corrected chi connectivity index (χ2v) is 4.62. The van der Waals surface area contributed by atoms with Gasteiger partial charge >= 0.3 is 0 Å². The second-order valence-electron chi connectivity index (χ2n) is 2.89. The first-order chi connectivity index (χ1) is 6.43. The van der Waals surface area contributed by atoms with Gasteiger partial charge in [-0.25, -0.2) is 13.1 Å². The summed E-state index contributed by atoms with van der Waals surface area (Å²) in [5.41, 5.74) is 0.445. The molecule has 0 aliphatic heterocycles. The maximum absolute atomic E-state index is 11.5. The maximum atomic E-state index is 11.5. The molecule has 0 saturated carbocycles. The fourth-order valence-corrected chi connectivity index (χ4v) is 2.07. The molecule has 0 saturated heterocycles. The largest absolute Gasteiger partial charge is 0.299 e. The molecule has 1 aromatic rings. The number of carbonyl (C=O) groups excluding carboxylic acids is 1. The number of hydrogen-bond acceptors (Lipinski definition) is 4. The van der Waals surface area contributed by atoms with E-state index in [1.54, 1.807) is 6.92 Å². The predicted molar refractivity (Wildman–Crippen MR) is 49.2 cm³/mol. The number of nitrogens with one attached hydrogen (secondary N) is 2. The monoisotopic (exact) mass is 217 g/mol. The molecular weight excluding hydrogens is 206 g/mol. The number of aromatic nitrogens is 2. The van der Waals surface area contributed by atoms with Crippen LogP contribution in [0.3, 0.4) is 0 Å². The van der Waals surface area contributed by atoms with Crippen molar-refractivity contribution < 1.29 is 13.2 Å². The molecular formula is C7H11N3O3S. The standard InChI is InChI=1S/C7H11N3O3S/c1-5(11)3-9-14(12,13)7-4-8-10-6(7)2/h4,9H,3H2,1-2H3,(H,8,10). The number of H-pyrrole nitrogens is 1. The van der Waals surface area contributed by atoms with Gasteiger partial charge in [-0.3, -0.25) is 9.89 Å². The molecule has 1 rings (SSSR count). The highest BCUT2D eigenvalue weighted by molar-refractivity contribution is 7.89. The van der Waals surface area contributed by atoms with Crippen LogP contribution in [0.15, 0.2) is 11.1 Å². The summed E-state index contributed by atoms with van der Waals surface area (Å²) in [6.07, 6.45) is 1.21. The van der Waals surface area contributed by atoms with Crippen LogP contribution in [0.5, 0.6) is 0 Å². The van der Waals surface area contributed by atoms with Crippen molar-refractivity contribution in [3.8, 4) is 0 Å². The molecule has 0 spiro atoms. The number of sulfonamides is 1. The molecule has 6 nitrogen and oxygen atoms in total. The van der Waals surface area contributed by atoms with Crippen LogP contribution in [-0.4, -0.2) is 30.9 Å². The average molecular weight is 217 g/mol. The number of nitrogens with zero attached hydrogens (tertiary/aromatic N) is 1. The van der Waals surface area contributed by atoms with Gasteiger partial charge in [0.2, 0.25) is 10.0 Å². The van der Waals surface area contributed by atoms with Crippen molar-refractivity contribution in [2.24, 2.45) is 0 Å². The summed E-state index contributed by atoms with van der Waals surface area (Å²) in [5.74, 6) is -0.241. The molecule has 0 aliphatic carbocycles. The average Bonchev–Trinajstić information content (AvgIpc) is 2.48. The van der Waals surface area contributed by atoms with E-state index < -0.39 is 10.0 Å². The van der Waals surface area contributed by atoms with E-state index >= 15 is 0 Å². The third kappa shape index (κ3) is 2.39. The normalized spacial score (nSPS) is 11.6. The molecule has 0 radical (unpaired) electrons. The van der Waals surface area contributed by atoms with Gasteiger partial charge < -0.3 is 0 Å². The van der Waals surface area contributed by atoms with Gasteiger partial charge in [-0.15, -0.1) is 0 Å². The van der Waals surface area contributed by atoms with Gasteiger partial charge in [0, 0.05) is 0 Å². The van der Waals surface area contributed by atoms with Gasteiger partial charge in [0.05, 0.1) is 18.4 Å². The SMILES string of the molecule is CC(=O)CNS(=O)(=O)c1cn[nH]c1C. The van der Waals surface area contributed by atoms with E-state index in [-0.39, 0.29) is 17.2 Å². The fraction of sp³-hybridized carbons (Fsp3) is 0.429. The highest BCUT2D eigenvalue weighted by Gasteiger charge is 2.18. The van der Waals surface area contributed by atoms with Crippen LogP contribution in [0.2, 0.25) is 0 Å². The topological polar surface area (TPSA) is 91.9 Å². The van der Waals surface area contributed by atoms with Gasteiger partial charge in [0.15, 0.2) is 0 Å².